The minimum absolute atomic E-state index is 0.102. The third-order valence-electron chi connectivity index (χ3n) is 1.36. The van der Waals surface area contributed by atoms with Crippen molar-refractivity contribution in [3.8, 4) is 0 Å². The van der Waals surface area contributed by atoms with Crippen LogP contribution in [0.25, 0.3) is 0 Å². The highest BCUT2D eigenvalue weighted by atomic mass is 35.5. The first kappa shape index (κ1) is 15.7. The summed E-state index contributed by atoms with van der Waals surface area (Å²) in [5.74, 6) is 0.102. The van der Waals surface area contributed by atoms with E-state index in [0.717, 1.165) is 5.56 Å². The highest BCUT2D eigenvalue weighted by Crippen LogP contribution is 2.09. The minimum Gasteiger partial charge on any atom is -0.370 e. The van der Waals surface area contributed by atoms with Gasteiger partial charge in [0, 0.05) is 5.02 Å². The van der Waals surface area contributed by atoms with E-state index in [-0.39, 0.29) is 5.96 Å². The average Bonchev–Trinajstić information content (AvgIpc) is 2.14. The number of nitrogens with two attached hydrogens (primary N) is 2. The van der Waals surface area contributed by atoms with Gasteiger partial charge in [-0.3, -0.25) is 9.11 Å². The largest absolute Gasteiger partial charge is 0.394 e. The van der Waals surface area contributed by atoms with E-state index in [1.54, 1.807) is 12.1 Å². The molecule has 0 spiro atoms. The highest BCUT2D eigenvalue weighted by molar-refractivity contribution is 7.79. The van der Waals surface area contributed by atoms with E-state index in [2.05, 4.69) is 4.99 Å². The predicted octanol–water partition coefficient (Wildman–Crippen LogP) is 0.461. The van der Waals surface area contributed by atoms with Crippen LogP contribution in [0.3, 0.4) is 0 Å². The Bertz CT molecular complexity index is 460. The van der Waals surface area contributed by atoms with E-state index in [4.69, 9.17) is 40.6 Å². The summed E-state index contributed by atoms with van der Waals surface area (Å²) in [5.41, 5.74) is 11.4. The maximum absolute atomic E-state index is 8.74. The second kappa shape index (κ2) is 7.07. The fraction of sp³-hybridized carbons (Fsp3) is 0.125. The predicted molar refractivity (Wildman–Crippen MR) is 65.1 cm³/mol. The number of aliphatic imine (C=N–C) groups is 1. The van der Waals surface area contributed by atoms with Gasteiger partial charge in [0.1, 0.15) is 0 Å². The zero-order chi connectivity index (χ0) is 13.5. The van der Waals surface area contributed by atoms with Crippen molar-refractivity contribution in [1.29, 1.82) is 0 Å². The number of hydrogen-bond donors (Lipinski definition) is 4. The molecule has 1 rings (SSSR count). The van der Waals surface area contributed by atoms with Gasteiger partial charge in [0.25, 0.3) is 0 Å². The van der Waals surface area contributed by atoms with E-state index in [1.807, 2.05) is 12.1 Å². The highest BCUT2D eigenvalue weighted by Gasteiger charge is 1.90. The first-order valence-electron chi connectivity index (χ1n) is 4.18. The van der Waals surface area contributed by atoms with Crippen LogP contribution in [-0.2, 0) is 16.9 Å². The van der Waals surface area contributed by atoms with Crippen LogP contribution >= 0.6 is 11.6 Å². The zero-order valence-electron chi connectivity index (χ0n) is 8.62. The lowest BCUT2D eigenvalue weighted by Crippen LogP contribution is -2.22. The number of nitrogens with zero attached hydrogens (tertiary/aromatic N) is 1. The molecule has 0 atom stereocenters. The Kier molecular flexibility index (Phi) is 6.51. The first-order chi connectivity index (χ1) is 7.68. The molecule has 7 nitrogen and oxygen atoms in total. The van der Waals surface area contributed by atoms with Crippen LogP contribution in [0.4, 0.5) is 0 Å². The van der Waals surface area contributed by atoms with Gasteiger partial charge in [-0.2, -0.15) is 8.42 Å². The van der Waals surface area contributed by atoms with E-state index >= 15 is 0 Å². The topological polar surface area (TPSA) is 139 Å². The Balaban J connectivity index is 0.000000437. The van der Waals surface area contributed by atoms with Gasteiger partial charge in [-0.1, -0.05) is 23.7 Å². The van der Waals surface area contributed by atoms with Gasteiger partial charge in [-0.05, 0) is 17.7 Å². The van der Waals surface area contributed by atoms with Crippen LogP contribution in [0.5, 0.6) is 0 Å². The minimum atomic E-state index is -4.67. The molecule has 0 aliphatic heterocycles. The van der Waals surface area contributed by atoms with Crippen LogP contribution in [-0.4, -0.2) is 23.5 Å². The van der Waals surface area contributed by atoms with Crippen molar-refractivity contribution >= 4 is 28.0 Å². The van der Waals surface area contributed by atoms with Crippen molar-refractivity contribution in [2.24, 2.45) is 16.5 Å². The second-order valence-electron chi connectivity index (χ2n) is 2.82. The zero-order valence-corrected chi connectivity index (χ0v) is 10.2. The molecule has 0 heterocycles. The molecule has 1 aromatic rings. The number of benzene rings is 1. The van der Waals surface area contributed by atoms with Crippen molar-refractivity contribution in [1.82, 2.24) is 0 Å². The van der Waals surface area contributed by atoms with Crippen LogP contribution in [0.1, 0.15) is 5.56 Å². The maximum Gasteiger partial charge on any atom is 0.394 e. The van der Waals surface area contributed by atoms with E-state index in [9.17, 15) is 0 Å². The third-order valence-corrected chi connectivity index (χ3v) is 1.61. The van der Waals surface area contributed by atoms with Gasteiger partial charge >= 0.3 is 10.4 Å². The summed E-state index contributed by atoms with van der Waals surface area (Å²) in [6.07, 6.45) is 0. The molecule has 9 heteroatoms. The molecule has 0 saturated carbocycles. The summed E-state index contributed by atoms with van der Waals surface area (Å²) in [5, 5.41) is 0.712. The molecule has 0 amide bonds. The van der Waals surface area contributed by atoms with E-state index in [1.165, 1.54) is 0 Å². The van der Waals surface area contributed by atoms with Crippen molar-refractivity contribution in [2.75, 3.05) is 0 Å². The van der Waals surface area contributed by atoms with Crippen molar-refractivity contribution in [3.63, 3.8) is 0 Å². The van der Waals surface area contributed by atoms with Crippen molar-refractivity contribution < 1.29 is 17.5 Å². The Morgan fingerprint density at radius 3 is 2.00 bits per heavy atom. The summed E-state index contributed by atoms with van der Waals surface area (Å²) in [6, 6.07) is 7.38. The Morgan fingerprint density at radius 1 is 1.24 bits per heavy atom. The monoisotopic (exact) mass is 281 g/mol. The Hall–Kier alpha value is -1.35. The first-order valence-corrected chi connectivity index (χ1v) is 5.95. The molecule has 96 valence electrons. The standard InChI is InChI=1S/C8H10ClN3.H2O4S/c9-7-3-1-6(2-4-7)5-12-8(10)11;1-5(2,3)4/h1-4H,5H2,(H4,10,11,12);(H2,1,2,3,4). The van der Waals surface area contributed by atoms with Gasteiger partial charge in [0.2, 0.25) is 0 Å². The van der Waals surface area contributed by atoms with E-state index < -0.39 is 10.4 Å². The van der Waals surface area contributed by atoms with Gasteiger partial charge in [-0.15, -0.1) is 0 Å². The summed E-state index contributed by atoms with van der Waals surface area (Å²) in [6.45, 7) is 0.500. The molecule has 0 aromatic heterocycles. The van der Waals surface area contributed by atoms with Crippen LogP contribution in [0.15, 0.2) is 29.3 Å². The van der Waals surface area contributed by atoms with Gasteiger partial charge in [0.05, 0.1) is 6.54 Å². The fourth-order valence-corrected chi connectivity index (χ4v) is 0.898. The second-order valence-corrected chi connectivity index (χ2v) is 4.15. The summed E-state index contributed by atoms with van der Waals surface area (Å²) in [7, 11) is -4.67. The molecule has 0 bridgehead atoms. The molecular formula is C8H12ClN3O4S. The molecule has 1 aromatic carbocycles. The molecule has 6 N–H and O–H groups in total. The molecule has 0 saturated heterocycles. The lowest BCUT2D eigenvalue weighted by molar-refractivity contribution is 0.381. The number of hydrogen-bond acceptors (Lipinski definition) is 3. The quantitative estimate of drug-likeness (QED) is 0.353. The van der Waals surface area contributed by atoms with Crippen molar-refractivity contribution in [2.45, 2.75) is 6.54 Å². The SMILES string of the molecule is NC(N)=NCc1ccc(Cl)cc1.O=S(=O)(O)O. The molecule has 0 fully saturated rings. The van der Waals surface area contributed by atoms with Crippen molar-refractivity contribution in [3.05, 3.63) is 34.9 Å². The molecular weight excluding hydrogens is 270 g/mol. The summed E-state index contributed by atoms with van der Waals surface area (Å²) >= 11 is 5.69. The van der Waals surface area contributed by atoms with Gasteiger partial charge < -0.3 is 11.5 Å². The average molecular weight is 282 g/mol. The Morgan fingerprint density at radius 2 is 1.65 bits per heavy atom. The van der Waals surface area contributed by atoms with Gasteiger partial charge in [-0.25, -0.2) is 4.99 Å². The fourth-order valence-electron chi connectivity index (χ4n) is 0.772. The molecule has 0 aliphatic rings. The van der Waals surface area contributed by atoms with Crippen LogP contribution < -0.4 is 11.5 Å². The smallest absolute Gasteiger partial charge is 0.370 e. The normalized spacial score (nSPS) is 10.1. The molecule has 17 heavy (non-hydrogen) atoms. The summed E-state index contributed by atoms with van der Waals surface area (Å²) < 4.78 is 31.6. The van der Waals surface area contributed by atoms with Crippen LogP contribution in [0, 0.1) is 0 Å². The Labute approximate surface area is 104 Å². The lowest BCUT2D eigenvalue weighted by atomic mass is 10.2. The van der Waals surface area contributed by atoms with E-state index in [0.29, 0.717) is 11.6 Å². The van der Waals surface area contributed by atoms with Crippen LogP contribution in [0.2, 0.25) is 5.02 Å². The number of guanidine groups is 1. The van der Waals surface area contributed by atoms with Gasteiger partial charge in [0.15, 0.2) is 5.96 Å². The molecule has 0 radical (unpaired) electrons. The summed E-state index contributed by atoms with van der Waals surface area (Å²) in [4.78, 5) is 3.85. The lowest BCUT2D eigenvalue weighted by Gasteiger charge is -1.96. The third kappa shape index (κ3) is 12.6. The molecule has 0 aliphatic carbocycles. The molecule has 0 unspecified atom stereocenters. The maximum atomic E-state index is 8.74. The number of halogens is 1. The number of rotatable bonds is 2.